The number of hydrogen-bond acceptors (Lipinski definition) is 6. The summed E-state index contributed by atoms with van der Waals surface area (Å²) in [7, 11) is 1.91. The highest BCUT2D eigenvalue weighted by Crippen LogP contribution is 2.20. The molecule has 150 valence electrons. The van der Waals surface area contributed by atoms with Crippen molar-refractivity contribution in [2.75, 3.05) is 38.7 Å². The number of anilines is 1. The Bertz CT molecular complexity index is 611. The second-order valence-electron chi connectivity index (χ2n) is 6.61. The van der Waals surface area contributed by atoms with E-state index in [1.807, 2.05) is 14.0 Å². The first kappa shape index (κ1) is 21.3. The maximum atomic E-state index is 12.2. The largest absolute Gasteiger partial charge is 0.381 e. The van der Waals surface area contributed by atoms with Crippen molar-refractivity contribution in [1.82, 2.24) is 15.6 Å². The van der Waals surface area contributed by atoms with Gasteiger partial charge in [0, 0.05) is 31.6 Å². The van der Waals surface area contributed by atoms with Crippen LogP contribution in [-0.2, 0) is 14.3 Å². The quantitative estimate of drug-likeness (QED) is 0.502. The van der Waals surface area contributed by atoms with Gasteiger partial charge in [0.05, 0.1) is 6.10 Å². The van der Waals surface area contributed by atoms with E-state index in [0.29, 0.717) is 31.9 Å². The summed E-state index contributed by atoms with van der Waals surface area (Å²) in [5.41, 5.74) is 0.805. The predicted octanol–water partition coefficient (Wildman–Crippen LogP) is 1.33. The first-order chi connectivity index (χ1) is 13.1. The van der Waals surface area contributed by atoms with Crippen LogP contribution in [0.25, 0.3) is 0 Å². The number of rotatable bonds is 11. The van der Waals surface area contributed by atoms with Crippen LogP contribution in [0.15, 0.2) is 18.3 Å². The Labute approximate surface area is 160 Å². The van der Waals surface area contributed by atoms with Crippen molar-refractivity contribution in [2.24, 2.45) is 0 Å². The molecule has 1 saturated heterocycles. The van der Waals surface area contributed by atoms with Gasteiger partial charge >= 0.3 is 0 Å². The van der Waals surface area contributed by atoms with Gasteiger partial charge in [0.15, 0.2) is 0 Å². The number of pyridine rings is 1. The molecule has 0 saturated carbocycles. The van der Waals surface area contributed by atoms with Crippen LogP contribution in [0, 0.1) is 0 Å². The lowest BCUT2D eigenvalue weighted by Gasteiger charge is -2.12. The molecule has 1 aromatic heterocycles. The molecule has 0 aliphatic carbocycles. The molecule has 2 atom stereocenters. The van der Waals surface area contributed by atoms with E-state index in [4.69, 9.17) is 9.47 Å². The van der Waals surface area contributed by atoms with E-state index < -0.39 is 6.10 Å². The molecule has 0 radical (unpaired) electrons. The lowest BCUT2D eigenvalue weighted by Crippen LogP contribution is -2.28. The smallest absolute Gasteiger partial charge is 0.269 e. The van der Waals surface area contributed by atoms with Crippen molar-refractivity contribution in [3.8, 4) is 0 Å². The molecule has 1 aromatic rings. The minimum atomic E-state index is -0.432. The molecule has 1 aliphatic heterocycles. The van der Waals surface area contributed by atoms with E-state index in [9.17, 15) is 9.59 Å². The van der Waals surface area contributed by atoms with Gasteiger partial charge < -0.3 is 25.4 Å². The van der Waals surface area contributed by atoms with E-state index in [0.717, 1.165) is 25.8 Å². The average molecular weight is 378 g/mol. The molecule has 8 heteroatoms. The van der Waals surface area contributed by atoms with E-state index >= 15 is 0 Å². The van der Waals surface area contributed by atoms with E-state index in [1.165, 1.54) is 6.20 Å². The number of carbonyl (C=O) groups excluding carboxylic acids is 2. The zero-order valence-corrected chi connectivity index (χ0v) is 16.1. The molecule has 0 spiro atoms. The summed E-state index contributed by atoms with van der Waals surface area (Å²) in [6.45, 7) is 4.71. The summed E-state index contributed by atoms with van der Waals surface area (Å²) in [6, 6.07) is 3.23. The van der Waals surface area contributed by atoms with Crippen LogP contribution in [0.4, 0.5) is 5.69 Å². The van der Waals surface area contributed by atoms with Gasteiger partial charge in [-0.25, -0.2) is 0 Å². The Hall–Kier alpha value is -2.03. The fourth-order valence-electron chi connectivity index (χ4n) is 2.77. The molecular formula is C19H30N4O4. The molecule has 2 rings (SSSR count). The second-order valence-corrected chi connectivity index (χ2v) is 6.61. The van der Waals surface area contributed by atoms with Gasteiger partial charge in [-0.2, -0.15) is 0 Å². The van der Waals surface area contributed by atoms with Gasteiger partial charge in [-0.3, -0.25) is 14.6 Å². The Morgan fingerprint density at radius 1 is 1.26 bits per heavy atom. The number of amides is 2. The average Bonchev–Trinajstić information content (AvgIpc) is 3.10. The number of ether oxygens (including phenoxy) is 2. The third kappa shape index (κ3) is 7.62. The molecule has 2 heterocycles. The van der Waals surface area contributed by atoms with Crippen LogP contribution >= 0.6 is 0 Å². The van der Waals surface area contributed by atoms with Gasteiger partial charge in [0.2, 0.25) is 0 Å². The zero-order valence-electron chi connectivity index (χ0n) is 16.1. The van der Waals surface area contributed by atoms with Crippen molar-refractivity contribution < 1.29 is 19.1 Å². The fraction of sp³-hybridized carbons (Fsp3) is 0.632. The van der Waals surface area contributed by atoms with Gasteiger partial charge in [-0.1, -0.05) is 0 Å². The molecule has 27 heavy (non-hydrogen) atoms. The number of hydrogen-bond donors (Lipinski definition) is 3. The van der Waals surface area contributed by atoms with Crippen molar-refractivity contribution in [2.45, 2.75) is 44.8 Å². The summed E-state index contributed by atoms with van der Waals surface area (Å²) in [5.74, 6) is -0.459. The topological polar surface area (TPSA) is 102 Å². The first-order valence-electron chi connectivity index (χ1n) is 9.53. The standard InChI is InChI=1S/C19H30N4O4/c1-14-5-6-17(27-14)19(25)23-15-7-10-21-16(13-15)18(24)22-9-4-12-26-11-3-8-20-2/h7,10,13-14,17,20H,3-6,8-9,11-12H2,1-2H3,(H,22,24)(H,21,23,25). The van der Waals surface area contributed by atoms with Crippen molar-refractivity contribution in [3.63, 3.8) is 0 Å². The highest BCUT2D eigenvalue weighted by atomic mass is 16.5. The fourth-order valence-corrected chi connectivity index (χ4v) is 2.77. The lowest BCUT2D eigenvalue weighted by molar-refractivity contribution is -0.126. The summed E-state index contributed by atoms with van der Waals surface area (Å²) in [5, 5.41) is 8.66. The number of aromatic nitrogens is 1. The lowest BCUT2D eigenvalue weighted by atomic mass is 10.2. The van der Waals surface area contributed by atoms with Gasteiger partial charge in [0.25, 0.3) is 11.8 Å². The van der Waals surface area contributed by atoms with Gasteiger partial charge in [0.1, 0.15) is 11.8 Å². The molecule has 8 nitrogen and oxygen atoms in total. The maximum absolute atomic E-state index is 12.2. The molecule has 3 N–H and O–H groups in total. The van der Waals surface area contributed by atoms with E-state index in [1.54, 1.807) is 12.1 Å². The van der Waals surface area contributed by atoms with Crippen molar-refractivity contribution >= 4 is 17.5 Å². The third-order valence-electron chi connectivity index (χ3n) is 4.25. The third-order valence-corrected chi connectivity index (χ3v) is 4.25. The molecule has 2 unspecified atom stereocenters. The van der Waals surface area contributed by atoms with Crippen LogP contribution < -0.4 is 16.0 Å². The maximum Gasteiger partial charge on any atom is 0.269 e. The monoisotopic (exact) mass is 378 g/mol. The number of nitrogens with one attached hydrogen (secondary N) is 3. The molecular weight excluding hydrogens is 348 g/mol. The molecule has 1 aliphatic rings. The summed E-state index contributed by atoms with van der Waals surface area (Å²) in [6.07, 6.45) is 4.47. The Balaban J connectivity index is 1.70. The Morgan fingerprint density at radius 3 is 2.74 bits per heavy atom. The zero-order chi connectivity index (χ0) is 19.5. The van der Waals surface area contributed by atoms with Gasteiger partial charge in [-0.15, -0.1) is 0 Å². The normalized spacial score (nSPS) is 19.0. The van der Waals surface area contributed by atoms with E-state index in [2.05, 4.69) is 20.9 Å². The van der Waals surface area contributed by atoms with E-state index in [-0.39, 0.29) is 23.6 Å². The first-order valence-corrected chi connectivity index (χ1v) is 9.53. The van der Waals surface area contributed by atoms with Crippen LogP contribution in [0.5, 0.6) is 0 Å². The Morgan fingerprint density at radius 2 is 2.04 bits per heavy atom. The van der Waals surface area contributed by atoms with Gasteiger partial charge in [-0.05, 0) is 58.3 Å². The molecule has 2 amide bonds. The highest BCUT2D eigenvalue weighted by molar-refractivity contribution is 5.97. The van der Waals surface area contributed by atoms with Crippen LogP contribution in [0.2, 0.25) is 0 Å². The van der Waals surface area contributed by atoms with Crippen LogP contribution in [0.1, 0.15) is 43.1 Å². The van der Waals surface area contributed by atoms with Crippen LogP contribution in [-0.4, -0.2) is 62.4 Å². The second kappa shape index (κ2) is 11.6. The predicted molar refractivity (Wildman–Crippen MR) is 103 cm³/mol. The van der Waals surface area contributed by atoms with Crippen molar-refractivity contribution in [1.29, 1.82) is 0 Å². The van der Waals surface area contributed by atoms with Crippen LogP contribution in [0.3, 0.4) is 0 Å². The molecule has 0 aromatic carbocycles. The summed E-state index contributed by atoms with van der Waals surface area (Å²) < 4.78 is 11.0. The minimum Gasteiger partial charge on any atom is -0.381 e. The number of nitrogens with zero attached hydrogens (tertiary/aromatic N) is 1. The highest BCUT2D eigenvalue weighted by Gasteiger charge is 2.28. The molecule has 1 fully saturated rings. The summed E-state index contributed by atoms with van der Waals surface area (Å²) >= 11 is 0. The summed E-state index contributed by atoms with van der Waals surface area (Å²) in [4.78, 5) is 28.5. The number of carbonyl (C=O) groups is 2. The minimum absolute atomic E-state index is 0.104. The SMILES string of the molecule is CNCCCOCCCNC(=O)c1cc(NC(=O)C2CCC(C)O2)ccn1. The Kier molecular flexibility index (Phi) is 9.17. The molecule has 0 bridgehead atoms. The van der Waals surface area contributed by atoms with Crippen molar-refractivity contribution in [3.05, 3.63) is 24.0 Å².